The van der Waals surface area contributed by atoms with Gasteiger partial charge < -0.3 is 4.74 Å². The average Bonchev–Trinajstić information content (AvgIpc) is 2.32. The summed E-state index contributed by atoms with van der Waals surface area (Å²) in [6.45, 7) is 0. The third kappa shape index (κ3) is 2.24. The number of halogens is 4. The molecule has 2 aromatic carbocycles. The predicted octanol–water partition coefficient (Wildman–Crippen LogP) is 5.57. The minimum atomic E-state index is -1.49. The van der Waals surface area contributed by atoms with E-state index in [0.717, 1.165) is 0 Å². The highest BCUT2D eigenvalue weighted by molar-refractivity contribution is 7.85. The lowest BCUT2D eigenvalue weighted by atomic mass is 10.3. The third-order valence-corrected chi connectivity index (χ3v) is 4.96. The summed E-state index contributed by atoms with van der Waals surface area (Å²) in [6.07, 6.45) is 0. The smallest absolute Gasteiger partial charge is 0.162 e. The lowest BCUT2D eigenvalue weighted by Gasteiger charge is -2.21. The molecule has 0 amide bonds. The van der Waals surface area contributed by atoms with Crippen molar-refractivity contribution in [3.63, 3.8) is 0 Å². The Bertz CT molecular complexity index is 671. The van der Waals surface area contributed by atoms with Crippen molar-refractivity contribution < 1.29 is 8.95 Å². The Morgan fingerprint density at radius 2 is 1.21 bits per heavy atom. The largest absolute Gasteiger partial charge is 0.452 e. The molecule has 0 atom stereocenters. The molecule has 3 rings (SSSR count). The second-order valence-corrected chi connectivity index (χ2v) is 6.90. The van der Waals surface area contributed by atoms with Crippen LogP contribution in [0.3, 0.4) is 0 Å². The Hall–Kier alpha value is -0.450. The van der Waals surface area contributed by atoms with Crippen LogP contribution in [-0.2, 0) is 10.8 Å². The maximum absolute atomic E-state index is 12.5. The normalized spacial score (nSPS) is 13.7. The first-order chi connectivity index (χ1) is 8.97. The lowest BCUT2D eigenvalue weighted by Crippen LogP contribution is -2.06. The number of rotatable bonds is 0. The molecule has 1 aliphatic heterocycles. The van der Waals surface area contributed by atoms with Gasteiger partial charge in [0.1, 0.15) is 0 Å². The monoisotopic (exact) mass is 352 g/mol. The van der Waals surface area contributed by atoms with Gasteiger partial charge in [0, 0.05) is 10.0 Å². The van der Waals surface area contributed by atoms with Crippen LogP contribution in [0.25, 0.3) is 0 Å². The number of fused-ring (bicyclic) bond motifs is 2. The van der Waals surface area contributed by atoms with Crippen molar-refractivity contribution in [2.75, 3.05) is 0 Å². The molecule has 0 N–H and O–H groups in total. The van der Waals surface area contributed by atoms with E-state index in [1.165, 1.54) is 12.1 Å². The standard InChI is InChI=1S/C12H4Cl4O2S/c13-5-1-7(15)11-9(3-5)19(17)10-4-6(14)2-8(16)12(10)18-11/h1-4H. The van der Waals surface area contributed by atoms with Gasteiger partial charge in [-0.25, -0.2) is 4.21 Å². The van der Waals surface area contributed by atoms with E-state index >= 15 is 0 Å². The zero-order chi connectivity index (χ0) is 13.7. The molecule has 19 heavy (non-hydrogen) atoms. The maximum Gasteiger partial charge on any atom is 0.162 e. The zero-order valence-corrected chi connectivity index (χ0v) is 12.9. The Balaban J connectivity index is 2.29. The summed E-state index contributed by atoms with van der Waals surface area (Å²) in [7, 11) is -1.49. The van der Waals surface area contributed by atoms with Gasteiger partial charge in [-0.2, -0.15) is 0 Å². The van der Waals surface area contributed by atoms with Gasteiger partial charge in [0.05, 0.1) is 30.6 Å². The molecule has 1 aliphatic rings. The molecule has 0 unspecified atom stereocenters. The van der Waals surface area contributed by atoms with Gasteiger partial charge in [0.15, 0.2) is 11.5 Å². The number of ether oxygens (including phenoxy) is 1. The molecule has 98 valence electrons. The van der Waals surface area contributed by atoms with Gasteiger partial charge in [-0.3, -0.25) is 0 Å². The Morgan fingerprint density at radius 1 is 0.789 bits per heavy atom. The van der Waals surface area contributed by atoms with Crippen LogP contribution < -0.4 is 4.74 Å². The van der Waals surface area contributed by atoms with E-state index in [4.69, 9.17) is 51.1 Å². The second-order valence-electron chi connectivity index (χ2n) is 3.80. The number of hydrogen-bond acceptors (Lipinski definition) is 2. The summed E-state index contributed by atoms with van der Waals surface area (Å²) < 4.78 is 18.2. The highest BCUT2D eigenvalue weighted by Crippen LogP contribution is 2.48. The fraction of sp³-hybridized carbons (Fsp3) is 0. The van der Waals surface area contributed by atoms with Crippen LogP contribution in [0.1, 0.15) is 0 Å². The SMILES string of the molecule is O=S1c2cc(Cl)cc(Cl)c2Oc2c(Cl)cc(Cl)cc21. The summed E-state index contributed by atoms with van der Waals surface area (Å²) in [6, 6.07) is 6.15. The Kier molecular flexibility index (Phi) is 3.44. The zero-order valence-electron chi connectivity index (χ0n) is 9.05. The van der Waals surface area contributed by atoms with Crippen LogP contribution in [0.2, 0.25) is 20.1 Å². The van der Waals surface area contributed by atoms with E-state index in [1.54, 1.807) is 12.1 Å². The number of hydrogen-bond donors (Lipinski definition) is 0. The molecule has 0 spiro atoms. The fourth-order valence-corrected chi connectivity index (χ4v) is 4.42. The molecule has 2 nitrogen and oxygen atoms in total. The van der Waals surface area contributed by atoms with E-state index in [-0.39, 0.29) is 10.0 Å². The van der Waals surface area contributed by atoms with Gasteiger partial charge in [0.25, 0.3) is 0 Å². The van der Waals surface area contributed by atoms with E-state index in [1.807, 2.05) is 0 Å². The summed E-state index contributed by atoms with van der Waals surface area (Å²) in [5, 5.41) is 1.34. The first-order valence-corrected chi connectivity index (χ1v) is 7.71. The number of benzene rings is 2. The molecule has 0 saturated heterocycles. The van der Waals surface area contributed by atoms with Crippen molar-refractivity contribution >= 4 is 57.2 Å². The van der Waals surface area contributed by atoms with Crippen LogP contribution in [0.4, 0.5) is 0 Å². The average molecular weight is 354 g/mol. The predicted molar refractivity (Wildman–Crippen MR) is 77.7 cm³/mol. The molecule has 1 heterocycles. The molecule has 0 saturated carbocycles. The van der Waals surface area contributed by atoms with Gasteiger partial charge >= 0.3 is 0 Å². The van der Waals surface area contributed by atoms with Crippen molar-refractivity contribution in [2.45, 2.75) is 9.79 Å². The first-order valence-electron chi connectivity index (χ1n) is 5.05. The molecule has 0 aliphatic carbocycles. The van der Waals surface area contributed by atoms with Crippen molar-refractivity contribution in [3.8, 4) is 11.5 Å². The highest BCUT2D eigenvalue weighted by Gasteiger charge is 2.28. The fourth-order valence-electron chi connectivity index (χ4n) is 1.77. The molecule has 0 bridgehead atoms. The second kappa shape index (κ2) is 4.83. The van der Waals surface area contributed by atoms with E-state index in [0.29, 0.717) is 31.3 Å². The summed E-state index contributed by atoms with van der Waals surface area (Å²) in [4.78, 5) is 0.812. The van der Waals surface area contributed by atoms with Crippen LogP contribution in [-0.4, -0.2) is 4.21 Å². The first kappa shape index (κ1) is 13.5. The Labute approximate surface area is 131 Å². The van der Waals surface area contributed by atoms with E-state index in [2.05, 4.69) is 0 Å². The van der Waals surface area contributed by atoms with Crippen molar-refractivity contribution in [3.05, 3.63) is 44.4 Å². The van der Waals surface area contributed by atoms with Gasteiger partial charge in [-0.1, -0.05) is 46.4 Å². The minimum Gasteiger partial charge on any atom is -0.452 e. The molecule has 7 heteroatoms. The Morgan fingerprint density at radius 3 is 1.63 bits per heavy atom. The van der Waals surface area contributed by atoms with Crippen LogP contribution in [0.15, 0.2) is 34.1 Å². The van der Waals surface area contributed by atoms with Crippen molar-refractivity contribution in [1.82, 2.24) is 0 Å². The molecule has 0 radical (unpaired) electrons. The van der Waals surface area contributed by atoms with Crippen LogP contribution in [0.5, 0.6) is 11.5 Å². The van der Waals surface area contributed by atoms with Crippen molar-refractivity contribution in [1.29, 1.82) is 0 Å². The maximum atomic E-state index is 12.5. The summed E-state index contributed by atoms with van der Waals surface area (Å²) in [5.41, 5.74) is 0. The topological polar surface area (TPSA) is 26.3 Å². The lowest BCUT2D eigenvalue weighted by molar-refractivity contribution is 0.451. The molecular weight excluding hydrogens is 350 g/mol. The van der Waals surface area contributed by atoms with E-state index < -0.39 is 10.8 Å². The van der Waals surface area contributed by atoms with Gasteiger partial charge in [-0.05, 0) is 24.3 Å². The quantitative estimate of drug-likeness (QED) is 0.527. The van der Waals surface area contributed by atoms with Crippen molar-refractivity contribution in [2.24, 2.45) is 0 Å². The summed E-state index contributed by atoms with van der Waals surface area (Å²) >= 11 is 23.9. The van der Waals surface area contributed by atoms with Gasteiger partial charge in [0.2, 0.25) is 0 Å². The minimum absolute atomic E-state index is 0.285. The molecular formula is C12H4Cl4O2S. The van der Waals surface area contributed by atoms with Crippen LogP contribution >= 0.6 is 46.4 Å². The molecule has 2 aromatic rings. The van der Waals surface area contributed by atoms with Gasteiger partial charge in [-0.15, -0.1) is 0 Å². The van der Waals surface area contributed by atoms with E-state index in [9.17, 15) is 4.21 Å². The highest BCUT2D eigenvalue weighted by atomic mass is 35.5. The third-order valence-electron chi connectivity index (χ3n) is 2.55. The van der Waals surface area contributed by atoms with Crippen LogP contribution in [0, 0.1) is 0 Å². The molecule has 0 fully saturated rings. The summed E-state index contributed by atoms with van der Waals surface area (Å²) in [5.74, 6) is 0.613. The molecule has 0 aromatic heterocycles.